The number of ether oxygens (including phenoxy) is 2. The van der Waals surface area contributed by atoms with Crippen molar-refractivity contribution in [3.63, 3.8) is 0 Å². The van der Waals surface area contributed by atoms with E-state index < -0.39 is 0 Å². The molecule has 0 N–H and O–H groups in total. The lowest BCUT2D eigenvalue weighted by Gasteiger charge is -2.20. The summed E-state index contributed by atoms with van der Waals surface area (Å²) in [5.74, 6) is 0.673. The van der Waals surface area contributed by atoms with E-state index in [1.165, 1.54) is 0 Å². The molecule has 0 aromatic carbocycles. The lowest BCUT2D eigenvalue weighted by molar-refractivity contribution is -0.141. The van der Waals surface area contributed by atoms with Crippen molar-refractivity contribution < 1.29 is 14.3 Å². The number of nitrogens with zero attached hydrogens (tertiary/aromatic N) is 3. The van der Waals surface area contributed by atoms with Crippen molar-refractivity contribution in [2.45, 2.75) is 20.3 Å². The molecule has 0 unspecified atom stereocenters. The van der Waals surface area contributed by atoms with Gasteiger partial charge in [-0.25, -0.2) is 4.98 Å². The maximum Gasteiger partial charge on any atom is 0.325 e. The minimum Gasteiger partial charge on any atom is -0.481 e. The third kappa shape index (κ3) is 4.20. The Morgan fingerprint density at radius 2 is 2.22 bits per heavy atom. The van der Waals surface area contributed by atoms with Gasteiger partial charge in [0.2, 0.25) is 11.8 Å². The summed E-state index contributed by atoms with van der Waals surface area (Å²) in [6.45, 7) is 5.01. The Bertz CT molecular complexity index is 385. The smallest absolute Gasteiger partial charge is 0.325 e. The SMILES string of the molecule is CCCN(CC(=O)OCC)c1nccc(OC)n1. The van der Waals surface area contributed by atoms with E-state index in [-0.39, 0.29) is 12.5 Å². The summed E-state index contributed by atoms with van der Waals surface area (Å²) in [7, 11) is 1.54. The topological polar surface area (TPSA) is 64.6 Å². The highest BCUT2D eigenvalue weighted by Crippen LogP contribution is 2.12. The van der Waals surface area contributed by atoms with Gasteiger partial charge in [-0.1, -0.05) is 6.92 Å². The van der Waals surface area contributed by atoms with E-state index >= 15 is 0 Å². The number of methoxy groups -OCH3 is 1. The highest BCUT2D eigenvalue weighted by Gasteiger charge is 2.14. The summed E-state index contributed by atoms with van der Waals surface area (Å²) in [4.78, 5) is 21.6. The summed E-state index contributed by atoms with van der Waals surface area (Å²) >= 11 is 0. The largest absolute Gasteiger partial charge is 0.481 e. The monoisotopic (exact) mass is 253 g/mol. The first-order valence-electron chi connectivity index (χ1n) is 5.98. The molecule has 18 heavy (non-hydrogen) atoms. The van der Waals surface area contributed by atoms with Crippen LogP contribution in [0.3, 0.4) is 0 Å². The Balaban J connectivity index is 2.79. The molecule has 1 heterocycles. The molecular formula is C12H19N3O3. The maximum atomic E-state index is 11.5. The molecule has 0 amide bonds. The number of hydrogen-bond donors (Lipinski definition) is 0. The van der Waals surface area contributed by atoms with E-state index in [9.17, 15) is 4.79 Å². The molecule has 0 aliphatic carbocycles. The maximum absolute atomic E-state index is 11.5. The number of carbonyl (C=O) groups excluding carboxylic acids is 1. The van der Waals surface area contributed by atoms with Gasteiger partial charge < -0.3 is 14.4 Å². The minimum absolute atomic E-state index is 0.148. The van der Waals surface area contributed by atoms with Crippen LogP contribution in [0.25, 0.3) is 0 Å². The van der Waals surface area contributed by atoms with Crippen LogP contribution in [-0.2, 0) is 9.53 Å². The molecular weight excluding hydrogens is 234 g/mol. The number of esters is 1. The van der Waals surface area contributed by atoms with Gasteiger partial charge in [-0.15, -0.1) is 0 Å². The van der Waals surface area contributed by atoms with Crippen LogP contribution < -0.4 is 9.64 Å². The Morgan fingerprint density at radius 3 is 2.83 bits per heavy atom. The Hall–Kier alpha value is -1.85. The third-order valence-corrected chi connectivity index (χ3v) is 2.23. The molecule has 100 valence electrons. The van der Waals surface area contributed by atoms with Gasteiger partial charge in [-0.2, -0.15) is 4.98 Å². The summed E-state index contributed by atoms with van der Waals surface area (Å²) in [6, 6.07) is 1.66. The van der Waals surface area contributed by atoms with Crippen LogP contribution in [0.1, 0.15) is 20.3 Å². The predicted octanol–water partition coefficient (Wildman–Crippen LogP) is 1.26. The molecule has 0 fully saturated rings. The van der Waals surface area contributed by atoms with Crippen molar-refractivity contribution in [1.29, 1.82) is 0 Å². The molecule has 0 aliphatic heterocycles. The lowest BCUT2D eigenvalue weighted by Crippen LogP contribution is -2.33. The molecule has 6 heteroatoms. The molecule has 0 aliphatic rings. The summed E-state index contributed by atoms with van der Waals surface area (Å²) < 4.78 is 9.97. The molecule has 0 radical (unpaired) electrons. The molecule has 1 aromatic rings. The van der Waals surface area contributed by atoms with Gasteiger partial charge in [0.05, 0.1) is 13.7 Å². The van der Waals surface area contributed by atoms with Crippen LogP contribution >= 0.6 is 0 Å². The van der Waals surface area contributed by atoms with Crippen molar-refractivity contribution in [3.05, 3.63) is 12.3 Å². The molecule has 0 spiro atoms. The van der Waals surface area contributed by atoms with Crippen molar-refractivity contribution in [1.82, 2.24) is 9.97 Å². The van der Waals surface area contributed by atoms with Crippen LogP contribution in [-0.4, -0.2) is 42.7 Å². The zero-order valence-corrected chi connectivity index (χ0v) is 11.0. The zero-order chi connectivity index (χ0) is 13.4. The second-order valence-electron chi connectivity index (χ2n) is 3.63. The van der Waals surface area contributed by atoms with E-state index in [2.05, 4.69) is 9.97 Å². The second-order valence-corrected chi connectivity index (χ2v) is 3.63. The van der Waals surface area contributed by atoms with E-state index in [4.69, 9.17) is 9.47 Å². The van der Waals surface area contributed by atoms with Crippen LogP contribution in [0.5, 0.6) is 5.88 Å². The van der Waals surface area contributed by atoms with E-state index in [0.717, 1.165) is 6.42 Å². The zero-order valence-electron chi connectivity index (χ0n) is 11.0. The predicted molar refractivity (Wildman–Crippen MR) is 67.7 cm³/mol. The molecule has 1 rings (SSSR count). The number of hydrogen-bond acceptors (Lipinski definition) is 6. The second kappa shape index (κ2) is 7.47. The summed E-state index contributed by atoms with van der Waals surface area (Å²) in [5.41, 5.74) is 0. The van der Waals surface area contributed by atoms with Gasteiger partial charge in [0.25, 0.3) is 0 Å². The number of aromatic nitrogens is 2. The Morgan fingerprint density at radius 1 is 1.44 bits per heavy atom. The third-order valence-electron chi connectivity index (χ3n) is 2.23. The van der Waals surface area contributed by atoms with Gasteiger partial charge in [-0.3, -0.25) is 4.79 Å². The number of rotatable bonds is 7. The van der Waals surface area contributed by atoms with Crippen molar-refractivity contribution >= 4 is 11.9 Å². The van der Waals surface area contributed by atoms with E-state index in [1.54, 1.807) is 31.2 Å². The highest BCUT2D eigenvalue weighted by molar-refractivity contribution is 5.74. The fourth-order valence-electron chi connectivity index (χ4n) is 1.48. The van der Waals surface area contributed by atoms with Gasteiger partial charge in [-0.05, 0) is 13.3 Å². The fourth-order valence-corrected chi connectivity index (χ4v) is 1.48. The normalized spacial score (nSPS) is 9.94. The van der Waals surface area contributed by atoms with Crippen molar-refractivity contribution in [2.75, 3.05) is 31.7 Å². The van der Waals surface area contributed by atoms with Crippen LogP contribution in [0.15, 0.2) is 12.3 Å². The number of carbonyl (C=O) groups is 1. The molecule has 0 saturated carbocycles. The Kier molecular flexibility index (Phi) is 5.90. The highest BCUT2D eigenvalue weighted by atomic mass is 16.5. The number of anilines is 1. The molecule has 0 atom stereocenters. The van der Waals surface area contributed by atoms with Crippen LogP contribution in [0.2, 0.25) is 0 Å². The van der Waals surface area contributed by atoms with E-state index in [1.807, 2.05) is 6.92 Å². The van der Waals surface area contributed by atoms with Gasteiger partial charge in [0, 0.05) is 18.8 Å². The molecule has 1 aromatic heterocycles. The minimum atomic E-state index is -0.280. The van der Waals surface area contributed by atoms with Gasteiger partial charge in [0.15, 0.2) is 0 Å². The lowest BCUT2D eigenvalue weighted by atomic mass is 10.4. The van der Waals surface area contributed by atoms with Gasteiger partial charge in [0.1, 0.15) is 6.54 Å². The summed E-state index contributed by atoms with van der Waals surface area (Å²) in [5, 5.41) is 0. The first kappa shape index (κ1) is 14.2. The first-order chi connectivity index (χ1) is 8.71. The van der Waals surface area contributed by atoms with Gasteiger partial charge >= 0.3 is 5.97 Å². The van der Waals surface area contributed by atoms with Crippen molar-refractivity contribution in [2.24, 2.45) is 0 Å². The molecule has 0 bridgehead atoms. The summed E-state index contributed by atoms with van der Waals surface area (Å²) in [6.07, 6.45) is 2.49. The average molecular weight is 253 g/mol. The standard InChI is InChI=1S/C12H19N3O3/c1-4-8-15(9-11(16)18-5-2)12-13-7-6-10(14-12)17-3/h6-7H,4-5,8-9H2,1-3H3. The van der Waals surface area contributed by atoms with Crippen LogP contribution in [0, 0.1) is 0 Å². The first-order valence-corrected chi connectivity index (χ1v) is 5.98. The van der Waals surface area contributed by atoms with Crippen molar-refractivity contribution in [3.8, 4) is 5.88 Å². The quantitative estimate of drug-likeness (QED) is 0.682. The molecule has 0 saturated heterocycles. The van der Waals surface area contributed by atoms with E-state index in [0.29, 0.717) is 25.0 Å². The fraction of sp³-hybridized carbons (Fsp3) is 0.583. The van der Waals surface area contributed by atoms with Crippen LogP contribution in [0.4, 0.5) is 5.95 Å². The average Bonchev–Trinajstić information content (AvgIpc) is 2.38. The Labute approximate surface area is 107 Å². The molecule has 6 nitrogen and oxygen atoms in total.